The third-order valence-corrected chi connectivity index (χ3v) is 14.1. The van der Waals surface area contributed by atoms with Gasteiger partial charge in [0.05, 0.1) is 24.4 Å². The molecule has 72 heavy (non-hydrogen) atoms. The van der Waals surface area contributed by atoms with E-state index in [1.807, 2.05) is 79.6 Å². The van der Waals surface area contributed by atoms with E-state index < -0.39 is 53.7 Å². The average Bonchev–Trinajstić information content (AvgIpc) is 4.15. The van der Waals surface area contributed by atoms with E-state index in [1.54, 1.807) is 0 Å². The van der Waals surface area contributed by atoms with E-state index in [1.165, 1.54) is 30.6 Å². The molecule has 20 heteroatoms. The first kappa shape index (κ1) is 55.3. The van der Waals surface area contributed by atoms with Crippen molar-refractivity contribution in [1.82, 2.24) is 45.5 Å². The van der Waals surface area contributed by atoms with Crippen molar-refractivity contribution in [3.8, 4) is 0 Å². The maximum atomic E-state index is 14.1. The summed E-state index contributed by atoms with van der Waals surface area (Å²) in [5, 5.41) is 15.3. The monoisotopic (exact) mass is 1010 g/mol. The number of unbranched alkanes of at least 4 members (excludes halogenated alkanes) is 2. The number of hydrogen-bond donors (Lipinski definition) is 7. The van der Waals surface area contributed by atoms with Gasteiger partial charge in [-0.25, -0.2) is 0 Å². The van der Waals surface area contributed by atoms with Gasteiger partial charge in [-0.15, -0.1) is 0 Å². The number of rotatable bonds is 29. The zero-order valence-corrected chi connectivity index (χ0v) is 43.0. The zero-order chi connectivity index (χ0) is 51.7. The molecule has 7 amide bonds. The highest BCUT2D eigenvalue weighted by Gasteiger charge is 2.39. The van der Waals surface area contributed by atoms with Crippen LogP contribution in [0.25, 0.3) is 33.0 Å². The number of likely N-dealkylation sites (tertiary alicyclic amines) is 1. The van der Waals surface area contributed by atoms with Gasteiger partial charge in [0, 0.05) is 90.4 Å². The molecule has 9 N–H and O–H groups in total. The Morgan fingerprint density at radius 2 is 1.35 bits per heavy atom. The molecule has 0 aliphatic carbocycles. The number of nitrogens with one attached hydrogen (secondary N) is 5. The van der Waals surface area contributed by atoms with Crippen LogP contribution in [0.3, 0.4) is 0 Å². The lowest BCUT2D eigenvalue weighted by Crippen LogP contribution is -2.58. The Kier molecular flexibility index (Phi) is 20.8. The largest absolute Gasteiger partial charge is 0.379 e. The van der Waals surface area contributed by atoms with Crippen LogP contribution in [0.1, 0.15) is 75.8 Å². The third-order valence-electron chi connectivity index (χ3n) is 13.1. The fraction of sp³-hybridized carbons (Fsp3) is 0.519. The summed E-state index contributed by atoms with van der Waals surface area (Å²) < 4.78 is 10.3. The molecule has 6 rings (SSSR count). The molecule has 2 aliphatic rings. The van der Waals surface area contributed by atoms with Crippen molar-refractivity contribution in [2.45, 2.75) is 102 Å². The number of ether oxygens (including phenoxy) is 1. The Morgan fingerprint density at radius 3 is 1.92 bits per heavy atom. The number of carbonyl (C=O) groups excluding carboxylic acids is 7. The average molecular weight is 1010 g/mol. The van der Waals surface area contributed by atoms with E-state index >= 15 is 0 Å². The molecule has 1 fully saturated rings. The number of benzene rings is 2. The van der Waals surface area contributed by atoms with E-state index in [-0.39, 0.29) is 17.6 Å². The third kappa shape index (κ3) is 14.1. The maximum absolute atomic E-state index is 14.1. The molecule has 19 nitrogen and oxygen atoms in total. The van der Waals surface area contributed by atoms with Crippen LogP contribution in [-0.2, 0) is 51.4 Å². The fourth-order valence-corrected chi connectivity index (χ4v) is 10.4. The Morgan fingerprint density at radius 1 is 0.764 bits per heavy atom. The Bertz CT molecular complexity index is 2590. The number of aryl methyl sites for hydroxylation is 1. The lowest BCUT2D eigenvalue weighted by molar-refractivity contribution is -0.141. The molecule has 0 bridgehead atoms. The number of likely N-dealkylation sites (N-methyl/N-ethyl adjacent to an activating group) is 1. The molecule has 0 radical (unpaired) electrons. The second-order valence-electron chi connectivity index (χ2n) is 18.6. The van der Waals surface area contributed by atoms with E-state index in [0.717, 1.165) is 41.3 Å². The van der Waals surface area contributed by atoms with Crippen LogP contribution >= 0.6 is 11.8 Å². The summed E-state index contributed by atoms with van der Waals surface area (Å²) in [5.74, 6) is -2.23. The molecule has 390 valence electrons. The van der Waals surface area contributed by atoms with Crippen molar-refractivity contribution >= 4 is 86.1 Å². The molecule has 0 saturated carbocycles. The quantitative estimate of drug-likeness (QED) is 0.0306. The molecule has 2 aliphatic heterocycles. The van der Waals surface area contributed by atoms with Gasteiger partial charge in [0.25, 0.3) is 11.8 Å². The molecule has 2 aromatic heterocycles. The SMILES string of the molecule is CNC(=O)[C@H](CCCCN)NC(=O)[C@H](CCCCN)NC(=O)[C@@H]1CCCN1C(=O)[C@H](CSCCOCCn1cc(C2=C(c3cn(CCCN(C)C)c4ccccc34)C(=O)NC2=O)c2ccccc21)NC(C)=O. The lowest BCUT2D eigenvalue weighted by Gasteiger charge is -2.30. The molecule has 1 saturated heterocycles. The highest BCUT2D eigenvalue weighted by molar-refractivity contribution is 7.99. The Hall–Kier alpha value is -6.06. The molecule has 2 aromatic carbocycles. The van der Waals surface area contributed by atoms with Gasteiger partial charge in [0.1, 0.15) is 24.2 Å². The summed E-state index contributed by atoms with van der Waals surface area (Å²) in [4.78, 5) is 97.5. The molecular weight excluding hydrogens is 939 g/mol. The topological polar surface area (TPSA) is 257 Å². The summed E-state index contributed by atoms with van der Waals surface area (Å²) in [6.07, 6.45) is 8.95. The molecule has 4 heterocycles. The van der Waals surface area contributed by atoms with E-state index in [0.29, 0.717) is 119 Å². The number of amides is 7. The standard InChI is InChI=1S/C52H73N11O8S/c1-34(64)56-41(52(70)63-26-13-21-44(63)49(67)58-40(18-10-12-23-54)48(66)57-39(47(65)55-2)17-9-11-22-53)33-72-30-29-71-28-27-62-32-38(36-16-6-8-20-43(36)62)46-45(50(68)59-51(46)69)37-31-61(25-14-24-60(3)4)42-19-7-5-15-35(37)42/h5-8,15-16,19-20,31-32,39-41,44H,9-14,17-18,21-30,33,53-54H2,1-4H3,(H,55,65)(H,56,64)(H,57,66)(H,58,67)(H,59,68,69)/t39-,40-,41-,44-/m0/s1. The number of aromatic nitrogens is 2. The number of nitrogens with zero attached hydrogens (tertiary/aromatic N) is 4. The van der Waals surface area contributed by atoms with Crippen LogP contribution in [0.5, 0.6) is 0 Å². The molecule has 4 aromatic rings. The van der Waals surface area contributed by atoms with Crippen molar-refractivity contribution in [1.29, 1.82) is 0 Å². The molecule has 4 atom stereocenters. The number of thioether (sulfide) groups is 1. The summed E-state index contributed by atoms with van der Waals surface area (Å²) in [6.45, 7) is 5.31. The van der Waals surface area contributed by atoms with Gasteiger partial charge in [-0.05, 0) is 104 Å². The number of hydrogen-bond acceptors (Lipinski definition) is 12. The van der Waals surface area contributed by atoms with Crippen molar-refractivity contribution in [2.24, 2.45) is 11.5 Å². The second-order valence-corrected chi connectivity index (χ2v) is 19.8. The second kappa shape index (κ2) is 27.1. The van der Waals surface area contributed by atoms with E-state index in [4.69, 9.17) is 16.2 Å². The highest BCUT2D eigenvalue weighted by atomic mass is 32.2. The summed E-state index contributed by atoms with van der Waals surface area (Å²) in [5.41, 5.74) is 15.3. The van der Waals surface area contributed by atoms with Crippen LogP contribution < -0.4 is 38.1 Å². The number of para-hydroxylation sites is 2. The van der Waals surface area contributed by atoms with Crippen molar-refractivity contribution in [3.05, 3.63) is 72.1 Å². The van der Waals surface area contributed by atoms with Gasteiger partial charge < -0.3 is 56.4 Å². The van der Waals surface area contributed by atoms with Gasteiger partial charge in [0.2, 0.25) is 29.5 Å². The Labute approximate surface area is 425 Å². The van der Waals surface area contributed by atoms with Gasteiger partial charge in [-0.2, -0.15) is 11.8 Å². The predicted molar refractivity (Wildman–Crippen MR) is 281 cm³/mol. The Balaban J connectivity index is 1.07. The van der Waals surface area contributed by atoms with Crippen LogP contribution in [0.2, 0.25) is 0 Å². The summed E-state index contributed by atoms with van der Waals surface area (Å²) in [6, 6.07) is 12.2. The number of fused-ring (bicyclic) bond motifs is 2. The number of carbonyl (C=O) groups is 7. The summed E-state index contributed by atoms with van der Waals surface area (Å²) in [7, 11) is 5.57. The summed E-state index contributed by atoms with van der Waals surface area (Å²) >= 11 is 1.43. The van der Waals surface area contributed by atoms with Crippen LogP contribution in [-0.4, -0.2) is 156 Å². The van der Waals surface area contributed by atoms with E-state index in [2.05, 4.69) is 36.1 Å². The van der Waals surface area contributed by atoms with Crippen LogP contribution in [0.4, 0.5) is 0 Å². The van der Waals surface area contributed by atoms with Crippen molar-refractivity contribution in [3.63, 3.8) is 0 Å². The molecule has 0 spiro atoms. The fourth-order valence-electron chi connectivity index (χ4n) is 9.53. The van der Waals surface area contributed by atoms with Gasteiger partial charge in [-0.1, -0.05) is 36.4 Å². The minimum atomic E-state index is -0.957. The highest BCUT2D eigenvalue weighted by Crippen LogP contribution is 2.39. The molecule has 0 unspecified atom stereocenters. The predicted octanol–water partition coefficient (Wildman–Crippen LogP) is 2.33. The van der Waals surface area contributed by atoms with Gasteiger partial charge in [0.15, 0.2) is 0 Å². The first-order valence-electron chi connectivity index (χ1n) is 25.1. The minimum Gasteiger partial charge on any atom is -0.379 e. The van der Waals surface area contributed by atoms with Gasteiger partial charge >= 0.3 is 0 Å². The zero-order valence-electron chi connectivity index (χ0n) is 42.1. The lowest BCUT2D eigenvalue weighted by atomic mass is 9.95. The normalized spacial score (nSPS) is 16.1. The minimum absolute atomic E-state index is 0.236. The molecular formula is C52H73N11O8S. The maximum Gasteiger partial charge on any atom is 0.259 e. The van der Waals surface area contributed by atoms with E-state index in [9.17, 15) is 33.6 Å². The van der Waals surface area contributed by atoms with Gasteiger partial charge in [-0.3, -0.25) is 38.9 Å². The van der Waals surface area contributed by atoms with Crippen LogP contribution in [0.15, 0.2) is 60.9 Å². The first-order valence-corrected chi connectivity index (χ1v) is 26.3. The first-order chi connectivity index (χ1) is 34.8. The number of imide groups is 1. The smallest absolute Gasteiger partial charge is 0.259 e. The van der Waals surface area contributed by atoms with Crippen molar-refractivity contribution in [2.75, 3.05) is 72.0 Å². The van der Waals surface area contributed by atoms with Crippen molar-refractivity contribution < 1.29 is 38.3 Å². The van der Waals surface area contributed by atoms with Crippen LogP contribution in [0, 0.1) is 0 Å². The number of nitrogens with two attached hydrogens (primary N) is 2.